The van der Waals surface area contributed by atoms with Crippen LogP contribution in [-0.4, -0.2) is 30.4 Å². The molecule has 1 aromatic carbocycles. The molecule has 1 aliphatic heterocycles. The van der Waals surface area contributed by atoms with E-state index in [2.05, 4.69) is 13.8 Å². The summed E-state index contributed by atoms with van der Waals surface area (Å²) in [6.07, 6.45) is 2.05. The van der Waals surface area contributed by atoms with Crippen molar-refractivity contribution < 1.29 is 4.79 Å². The molecule has 3 heteroatoms. The third-order valence-corrected chi connectivity index (χ3v) is 3.76. The number of carbonyl (C=O) groups is 1. The minimum Gasteiger partial charge on any atom is -0.338 e. The summed E-state index contributed by atoms with van der Waals surface area (Å²) in [5.74, 6) is 1.36. The molecule has 0 aromatic heterocycles. The zero-order valence-electron chi connectivity index (χ0n) is 11.9. The Morgan fingerprint density at radius 3 is 2.63 bits per heavy atom. The highest BCUT2D eigenvalue weighted by Gasteiger charge is 2.26. The first-order valence-electron chi connectivity index (χ1n) is 7.18. The predicted molar refractivity (Wildman–Crippen MR) is 78.0 cm³/mol. The highest BCUT2D eigenvalue weighted by Crippen LogP contribution is 2.22. The van der Waals surface area contributed by atoms with Gasteiger partial charge in [0.1, 0.15) is 0 Å². The Labute approximate surface area is 115 Å². The molecule has 1 aliphatic rings. The van der Waals surface area contributed by atoms with Gasteiger partial charge in [-0.15, -0.1) is 0 Å². The van der Waals surface area contributed by atoms with Gasteiger partial charge in [0.15, 0.2) is 0 Å². The van der Waals surface area contributed by atoms with Crippen LogP contribution < -0.4 is 5.73 Å². The van der Waals surface area contributed by atoms with E-state index in [0.29, 0.717) is 18.4 Å². The van der Waals surface area contributed by atoms with Gasteiger partial charge in [-0.05, 0) is 48.9 Å². The lowest BCUT2D eigenvalue weighted by molar-refractivity contribution is 0.0623. The second-order valence-corrected chi connectivity index (χ2v) is 5.90. The van der Waals surface area contributed by atoms with Crippen molar-refractivity contribution in [2.45, 2.75) is 26.7 Å². The first-order valence-corrected chi connectivity index (χ1v) is 7.18. The maximum Gasteiger partial charge on any atom is 0.253 e. The van der Waals surface area contributed by atoms with E-state index in [1.165, 1.54) is 6.42 Å². The number of carbonyl (C=O) groups excluding carboxylic acids is 1. The van der Waals surface area contributed by atoms with Gasteiger partial charge in [-0.3, -0.25) is 4.79 Å². The van der Waals surface area contributed by atoms with Gasteiger partial charge in [-0.25, -0.2) is 0 Å². The molecule has 0 saturated carbocycles. The lowest BCUT2D eigenvalue weighted by Crippen LogP contribution is -2.42. The van der Waals surface area contributed by atoms with Crippen molar-refractivity contribution in [1.82, 2.24) is 4.90 Å². The highest BCUT2D eigenvalue weighted by molar-refractivity contribution is 5.94. The van der Waals surface area contributed by atoms with Crippen LogP contribution in [0, 0.1) is 11.8 Å². The fourth-order valence-electron chi connectivity index (χ4n) is 3.04. The van der Waals surface area contributed by atoms with Crippen LogP contribution in [0.5, 0.6) is 0 Å². The summed E-state index contributed by atoms with van der Waals surface area (Å²) in [4.78, 5) is 14.5. The normalized spacial score (nSPS) is 23.4. The minimum absolute atomic E-state index is 0.164. The molecule has 1 fully saturated rings. The third kappa shape index (κ3) is 3.57. The van der Waals surface area contributed by atoms with E-state index in [1.54, 1.807) is 0 Å². The molecule has 19 heavy (non-hydrogen) atoms. The summed E-state index contributed by atoms with van der Waals surface area (Å²) >= 11 is 0. The molecule has 2 unspecified atom stereocenters. The van der Waals surface area contributed by atoms with Gasteiger partial charge in [0.2, 0.25) is 0 Å². The van der Waals surface area contributed by atoms with Crippen molar-refractivity contribution in [1.29, 1.82) is 0 Å². The average molecular weight is 260 g/mol. The summed E-state index contributed by atoms with van der Waals surface area (Å²) in [7, 11) is 0. The van der Waals surface area contributed by atoms with Crippen molar-refractivity contribution in [3.8, 4) is 0 Å². The number of likely N-dealkylation sites (tertiary alicyclic amines) is 1. The Morgan fingerprint density at radius 2 is 2.00 bits per heavy atom. The van der Waals surface area contributed by atoms with Gasteiger partial charge in [0, 0.05) is 18.7 Å². The number of hydrogen-bond acceptors (Lipinski definition) is 2. The number of hydrogen-bond donors (Lipinski definition) is 1. The topological polar surface area (TPSA) is 46.3 Å². The van der Waals surface area contributed by atoms with E-state index in [1.807, 2.05) is 29.2 Å². The Balaban J connectivity index is 2.12. The van der Waals surface area contributed by atoms with Crippen LogP contribution in [0.4, 0.5) is 0 Å². The largest absolute Gasteiger partial charge is 0.338 e. The van der Waals surface area contributed by atoms with Crippen LogP contribution in [0.25, 0.3) is 0 Å². The van der Waals surface area contributed by atoms with E-state index in [-0.39, 0.29) is 5.91 Å². The molecule has 2 rings (SSSR count). The van der Waals surface area contributed by atoms with Gasteiger partial charge in [-0.1, -0.05) is 26.0 Å². The zero-order chi connectivity index (χ0) is 13.8. The van der Waals surface area contributed by atoms with E-state index in [9.17, 15) is 4.79 Å². The van der Waals surface area contributed by atoms with Gasteiger partial charge >= 0.3 is 0 Å². The summed E-state index contributed by atoms with van der Waals surface area (Å²) in [6.45, 7) is 6.82. The first-order chi connectivity index (χ1) is 9.10. The Bertz CT molecular complexity index is 434. The highest BCUT2D eigenvalue weighted by atomic mass is 16.2. The molecule has 3 nitrogen and oxygen atoms in total. The average Bonchev–Trinajstić information content (AvgIpc) is 2.37. The van der Waals surface area contributed by atoms with E-state index >= 15 is 0 Å². The molecule has 1 aromatic rings. The van der Waals surface area contributed by atoms with Crippen LogP contribution in [0.3, 0.4) is 0 Å². The molecular weight excluding hydrogens is 236 g/mol. The minimum atomic E-state index is 0.164. The molecular formula is C16H24N2O. The van der Waals surface area contributed by atoms with Crippen LogP contribution in [0.2, 0.25) is 0 Å². The smallest absolute Gasteiger partial charge is 0.253 e. The SMILES string of the molecule is CC1CC(C)CN(C(=O)c2cccc(CCN)c2)C1. The molecule has 2 N–H and O–H groups in total. The number of amides is 1. The second kappa shape index (κ2) is 6.20. The predicted octanol–water partition coefficient (Wildman–Crippen LogP) is 2.31. The maximum atomic E-state index is 12.5. The summed E-state index contributed by atoms with van der Waals surface area (Å²) < 4.78 is 0. The lowest BCUT2D eigenvalue weighted by atomic mass is 9.91. The maximum absolute atomic E-state index is 12.5. The molecule has 0 radical (unpaired) electrons. The van der Waals surface area contributed by atoms with Gasteiger partial charge in [0.05, 0.1) is 0 Å². The Morgan fingerprint density at radius 1 is 1.32 bits per heavy atom. The lowest BCUT2D eigenvalue weighted by Gasteiger charge is -2.35. The van der Waals surface area contributed by atoms with Crippen molar-refractivity contribution in [3.05, 3.63) is 35.4 Å². The van der Waals surface area contributed by atoms with Gasteiger partial charge in [-0.2, -0.15) is 0 Å². The molecule has 0 spiro atoms. The first kappa shape index (κ1) is 14.1. The van der Waals surface area contributed by atoms with E-state index in [0.717, 1.165) is 30.6 Å². The van der Waals surface area contributed by atoms with Crippen molar-refractivity contribution >= 4 is 5.91 Å². The zero-order valence-corrected chi connectivity index (χ0v) is 11.9. The fraction of sp³-hybridized carbons (Fsp3) is 0.562. The second-order valence-electron chi connectivity index (χ2n) is 5.90. The monoisotopic (exact) mass is 260 g/mol. The Hall–Kier alpha value is -1.35. The van der Waals surface area contributed by atoms with Crippen LogP contribution in [0.15, 0.2) is 24.3 Å². The standard InChI is InChI=1S/C16H24N2O/c1-12-8-13(2)11-18(10-12)16(19)15-5-3-4-14(9-15)6-7-17/h3-5,9,12-13H,6-8,10-11,17H2,1-2H3. The number of benzene rings is 1. The summed E-state index contributed by atoms with van der Waals surface area (Å²) in [6, 6.07) is 7.88. The van der Waals surface area contributed by atoms with Crippen LogP contribution >= 0.6 is 0 Å². The fourth-order valence-corrected chi connectivity index (χ4v) is 3.04. The third-order valence-electron chi connectivity index (χ3n) is 3.76. The molecule has 2 atom stereocenters. The number of piperidine rings is 1. The molecule has 0 aliphatic carbocycles. The molecule has 1 amide bonds. The summed E-state index contributed by atoms with van der Waals surface area (Å²) in [5, 5.41) is 0. The van der Waals surface area contributed by atoms with Crippen molar-refractivity contribution in [2.75, 3.05) is 19.6 Å². The molecule has 1 saturated heterocycles. The van der Waals surface area contributed by atoms with Crippen LogP contribution in [0.1, 0.15) is 36.2 Å². The Kier molecular flexibility index (Phi) is 4.59. The number of rotatable bonds is 3. The quantitative estimate of drug-likeness (QED) is 0.906. The van der Waals surface area contributed by atoms with Crippen LogP contribution in [-0.2, 0) is 6.42 Å². The van der Waals surface area contributed by atoms with Crippen molar-refractivity contribution in [3.63, 3.8) is 0 Å². The molecule has 1 heterocycles. The van der Waals surface area contributed by atoms with Gasteiger partial charge < -0.3 is 10.6 Å². The number of nitrogens with two attached hydrogens (primary N) is 1. The van der Waals surface area contributed by atoms with Crippen molar-refractivity contribution in [2.24, 2.45) is 17.6 Å². The van der Waals surface area contributed by atoms with E-state index < -0.39 is 0 Å². The summed E-state index contributed by atoms with van der Waals surface area (Å²) in [5.41, 5.74) is 7.51. The molecule has 104 valence electrons. The van der Waals surface area contributed by atoms with E-state index in [4.69, 9.17) is 5.73 Å². The number of nitrogens with zero attached hydrogens (tertiary/aromatic N) is 1. The molecule has 0 bridgehead atoms. The van der Waals surface area contributed by atoms with Gasteiger partial charge in [0.25, 0.3) is 5.91 Å².